The van der Waals surface area contributed by atoms with Crippen LogP contribution >= 0.6 is 11.8 Å². The van der Waals surface area contributed by atoms with Gasteiger partial charge in [-0.05, 0) is 43.2 Å². The second-order valence-electron chi connectivity index (χ2n) is 4.81. The number of anilines is 1. The summed E-state index contributed by atoms with van der Waals surface area (Å²) in [6.07, 6.45) is 1.74. The summed E-state index contributed by atoms with van der Waals surface area (Å²) in [5, 5.41) is 15.2. The maximum atomic E-state index is 11.8. The number of hydrogen-bond donors (Lipinski definition) is 3. The van der Waals surface area contributed by atoms with E-state index in [0.717, 1.165) is 23.4 Å². The number of hydrogen-bond acceptors (Lipinski definition) is 3. The van der Waals surface area contributed by atoms with Crippen LogP contribution in [-0.2, 0) is 0 Å². The van der Waals surface area contributed by atoms with Gasteiger partial charge in [0.1, 0.15) is 0 Å². The molecular formula is C14H20N2O2S. The number of urea groups is 1. The SMILES string of the molecule is CC(O)c1ccc(NC(=O)NC2CCCSC2)cc1. The molecule has 1 aliphatic rings. The molecule has 1 heterocycles. The molecule has 5 heteroatoms. The Kier molecular flexibility index (Phi) is 5.10. The van der Waals surface area contributed by atoms with Crippen LogP contribution in [0.1, 0.15) is 31.4 Å². The van der Waals surface area contributed by atoms with Crippen LogP contribution in [0.15, 0.2) is 24.3 Å². The Bertz CT molecular complexity index is 414. The van der Waals surface area contributed by atoms with E-state index >= 15 is 0 Å². The number of nitrogens with one attached hydrogen (secondary N) is 2. The van der Waals surface area contributed by atoms with Crippen LogP contribution in [-0.4, -0.2) is 28.7 Å². The third-order valence-electron chi connectivity index (χ3n) is 3.15. The molecule has 2 rings (SSSR count). The highest BCUT2D eigenvalue weighted by molar-refractivity contribution is 7.99. The van der Waals surface area contributed by atoms with Gasteiger partial charge in [-0.25, -0.2) is 4.79 Å². The molecule has 1 aromatic carbocycles. The third-order valence-corrected chi connectivity index (χ3v) is 4.36. The standard InChI is InChI=1S/C14H20N2O2S/c1-10(17)11-4-6-12(7-5-11)15-14(18)16-13-3-2-8-19-9-13/h4-7,10,13,17H,2-3,8-9H2,1H3,(H2,15,16,18). The van der Waals surface area contributed by atoms with Gasteiger partial charge in [-0.15, -0.1) is 0 Å². The van der Waals surface area contributed by atoms with Gasteiger partial charge >= 0.3 is 6.03 Å². The van der Waals surface area contributed by atoms with Crippen LogP contribution < -0.4 is 10.6 Å². The molecule has 19 heavy (non-hydrogen) atoms. The average molecular weight is 280 g/mol. The van der Waals surface area contributed by atoms with Crippen molar-refractivity contribution in [2.24, 2.45) is 0 Å². The Balaban J connectivity index is 1.84. The molecule has 0 spiro atoms. The average Bonchev–Trinajstić information content (AvgIpc) is 2.40. The molecule has 1 aromatic rings. The quantitative estimate of drug-likeness (QED) is 0.798. The van der Waals surface area contributed by atoms with E-state index in [4.69, 9.17) is 0 Å². The number of amides is 2. The lowest BCUT2D eigenvalue weighted by Crippen LogP contribution is -2.40. The maximum Gasteiger partial charge on any atom is 0.319 e. The first-order valence-electron chi connectivity index (χ1n) is 6.58. The van der Waals surface area contributed by atoms with Crippen molar-refractivity contribution in [3.8, 4) is 0 Å². The summed E-state index contributed by atoms with van der Waals surface area (Å²) in [5.74, 6) is 2.19. The summed E-state index contributed by atoms with van der Waals surface area (Å²) >= 11 is 1.89. The molecule has 0 saturated carbocycles. The first-order valence-corrected chi connectivity index (χ1v) is 7.74. The van der Waals surface area contributed by atoms with Gasteiger partial charge < -0.3 is 15.7 Å². The van der Waals surface area contributed by atoms with Crippen LogP contribution in [0.2, 0.25) is 0 Å². The molecule has 2 atom stereocenters. The molecule has 0 bridgehead atoms. The maximum absolute atomic E-state index is 11.8. The van der Waals surface area contributed by atoms with Gasteiger partial charge in [-0.2, -0.15) is 11.8 Å². The molecule has 1 fully saturated rings. The molecule has 2 amide bonds. The van der Waals surface area contributed by atoms with Crippen molar-refractivity contribution < 1.29 is 9.90 Å². The fourth-order valence-corrected chi connectivity index (χ4v) is 3.12. The predicted molar refractivity (Wildman–Crippen MR) is 79.6 cm³/mol. The van der Waals surface area contributed by atoms with Gasteiger partial charge in [0.25, 0.3) is 0 Å². The lowest BCUT2D eigenvalue weighted by Gasteiger charge is -2.22. The van der Waals surface area contributed by atoms with Crippen molar-refractivity contribution in [1.82, 2.24) is 5.32 Å². The largest absolute Gasteiger partial charge is 0.389 e. The van der Waals surface area contributed by atoms with Gasteiger partial charge in [-0.1, -0.05) is 12.1 Å². The summed E-state index contributed by atoms with van der Waals surface area (Å²) in [6.45, 7) is 1.72. The number of aliphatic hydroxyl groups is 1. The summed E-state index contributed by atoms with van der Waals surface area (Å²) in [6, 6.07) is 7.36. The Morgan fingerprint density at radius 1 is 1.42 bits per heavy atom. The second-order valence-corrected chi connectivity index (χ2v) is 5.96. The van der Waals surface area contributed by atoms with Crippen LogP contribution in [0.3, 0.4) is 0 Å². The monoisotopic (exact) mass is 280 g/mol. The number of carbonyl (C=O) groups excluding carboxylic acids is 1. The minimum Gasteiger partial charge on any atom is -0.389 e. The van der Waals surface area contributed by atoms with Crippen LogP contribution in [0.5, 0.6) is 0 Å². The third kappa shape index (κ3) is 4.44. The highest BCUT2D eigenvalue weighted by Gasteiger charge is 2.15. The lowest BCUT2D eigenvalue weighted by molar-refractivity contribution is 0.199. The fourth-order valence-electron chi connectivity index (χ4n) is 2.05. The molecule has 2 unspecified atom stereocenters. The zero-order valence-corrected chi connectivity index (χ0v) is 11.9. The number of rotatable bonds is 3. The van der Waals surface area contributed by atoms with Crippen molar-refractivity contribution in [1.29, 1.82) is 0 Å². The number of thioether (sulfide) groups is 1. The van der Waals surface area contributed by atoms with Crippen LogP contribution in [0, 0.1) is 0 Å². The van der Waals surface area contributed by atoms with Crippen LogP contribution in [0.4, 0.5) is 10.5 Å². The Hall–Kier alpha value is -1.20. The van der Waals surface area contributed by atoms with Gasteiger partial charge in [-0.3, -0.25) is 0 Å². The van der Waals surface area contributed by atoms with E-state index in [1.165, 1.54) is 12.2 Å². The van der Waals surface area contributed by atoms with E-state index in [1.807, 2.05) is 23.9 Å². The summed E-state index contributed by atoms with van der Waals surface area (Å²) in [4.78, 5) is 11.8. The van der Waals surface area contributed by atoms with Crippen molar-refractivity contribution >= 4 is 23.5 Å². The number of carbonyl (C=O) groups is 1. The fraction of sp³-hybridized carbons (Fsp3) is 0.500. The highest BCUT2D eigenvalue weighted by Crippen LogP contribution is 2.18. The lowest BCUT2D eigenvalue weighted by atomic mass is 10.1. The smallest absolute Gasteiger partial charge is 0.319 e. The summed E-state index contributed by atoms with van der Waals surface area (Å²) in [5.41, 5.74) is 1.58. The van der Waals surface area contributed by atoms with E-state index in [0.29, 0.717) is 0 Å². The van der Waals surface area contributed by atoms with Gasteiger partial charge in [0, 0.05) is 17.5 Å². The summed E-state index contributed by atoms with van der Waals surface area (Å²) in [7, 11) is 0. The van der Waals surface area contributed by atoms with Crippen molar-refractivity contribution in [3.05, 3.63) is 29.8 Å². The zero-order valence-electron chi connectivity index (χ0n) is 11.1. The van der Waals surface area contributed by atoms with E-state index < -0.39 is 6.10 Å². The molecule has 1 saturated heterocycles. The van der Waals surface area contributed by atoms with E-state index in [1.54, 1.807) is 19.1 Å². The number of aliphatic hydroxyl groups excluding tert-OH is 1. The highest BCUT2D eigenvalue weighted by atomic mass is 32.2. The molecule has 0 aromatic heterocycles. The van der Waals surface area contributed by atoms with Gasteiger partial charge in [0.2, 0.25) is 0 Å². The minimum absolute atomic E-state index is 0.155. The summed E-state index contributed by atoms with van der Waals surface area (Å²) < 4.78 is 0. The number of benzene rings is 1. The van der Waals surface area contributed by atoms with E-state index in [2.05, 4.69) is 10.6 Å². The molecule has 4 nitrogen and oxygen atoms in total. The van der Waals surface area contributed by atoms with Gasteiger partial charge in [0.15, 0.2) is 0 Å². The van der Waals surface area contributed by atoms with Crippen molar-refractivity contribution in [3.63, 3.8) is 0 Å². The Morgan fingerprint density at radius 2 is 2.16 bits per heavy atom. The van der Waals surface area contributed by atoms with Gasteiger partial charge in [0.05, 0.1) is 6.10 Å². The van der Waals surface area contributed by atoms with E-state index in [9.17, 15) is 9.90 Å². The molecule has 3 N–H and O–H groups in total. The van der Waals surface area contributed by atoms with Crippen LogP contribution in [0.25, 0.3) is 0 Å². The normalized spacial score (nSPS) is 20.6. The van der Waals surface area contributed by atoms with Crippen molar-refractivity contribution in [2.75, 3.05) is 16.8 Å². The molecular weight excluding hydrogens is 260 g/mol. The molecule has 0 radical (unpaired) electrons. The zero-order chi connectivity index (χ0) is 13.7. The molecule has 104 valence electrons. The first-order chi connectivity index (χ1) is 9.15. The minimum atomic E-state index is -0.484. The Morgan fingerprint density at radius 3 is 2.74 bits per heavy atom. The molecule has 0 aliphatic carbocycles. The Labute approximate surface area is 118 Å². The first kappa shape index (κ1) is 14.2. The topological polar surface area (TPSA) is 61.4 Å². The molecule has 1 aliphatic heterocycles. The van der Waals surface area contributed by atoms with E-state index in [-0.39, 0.29) is 12.1 Å². The van der Waals surface area contributed by atoms with Crippen molar-refractivity contribution in [2.45, 2.75) is 31.9 Å². The second kappa shape index (κ2) is 6.82. The predicted octanol–water partition coefficient (Wildman–Crippen LogP) is 2.76.